The van der Waals surface area contributed by atoms with E-state index >= 15 is 0 Å². The molecule has 1 aliphatic rings. The maximum absolute atomic E-state index is 9.21. The van der Waals surface area contributed by atoms with E-state index in [9.17, 15) is 5.26 Å². The van der Waals surface area contributed by atoms with E-state index in [2.05, 4.69) is 21.6 Å². The first-order valence-corrected chi connectivity index (χ1v) is 6.80. The molecule has 1 saturated carbocycles. The minimum Gasteiger partial charge on any atom is -0.379 e. The van der Waals surface area contributed by atoms with Gasteiger partial charge in [-0.3, -0.25) is 0 Å². The molecule has 1 heterocycles. The molecule has 0 unspecified atom stereocenters. The molecular weight excluding hydrogens is 236 g/mol. The van der Waals surface area contributed by atoms with E-state index in [1.54, 1.807) is 0 Å². The minimum absolute atomic E-state index is 0.393. The molecule has 0 saturated heterocycles. The van der Waals surface area contributed by atoms with Crippen LogP contribution in [-0.4, -0.2) is 16.2 Å². The van der Waals surface area contributed by atoms with Crippen LogP contribution in [0.15, 0.2) is 24.3 Å². The van der Waals surface area contributed by atoms with Crippen LogP contribution >= 0.6 is 0 Å². The molecule has 0 radical (unpaired) electrons. The SMILES string of the molecule is N#Cc1nnc2ccccc2c1NC1CCCCC1. The zero-order valence-electron chi connectivity index (χ0n) is 10.8. The first-order chi connectivity index (χ1) is 9.38. The lowest BCUT2D eigenvalue weighted by atomic mass is 9.95. The van der Waals surface area contributed by atoms with Crippen molar-refractivity contribution >= 4 is 16.6 Å². The van der Waals surface area contributed by atoms with Gasteiger partial charge in [0, 0.05) is 11.4 Å². The van der Waals surface area contributed by atoms with Crippen molar-refractivity contribution in [2.45, 2.75) is 38.1 Å². The lowest BCUT2D eigenvalue weighted by Crippen LogP contribution is -2.23. The Morgan fingerprint density at radius 3 is 2.68 bits per heavy atom. The Morgan fingerprint density at radius 1 is 1.11 bits per heavy atom. The van der Waals surface area contributed by atoms with Gasteiger partial charge < -0.3 is 5.32 Å². The molecule has 1 N–H and O–H groups in total. The van der Waals surface area contributed by atoms with Crippen molar-refractivity contribution in [3.05, 3.63) is 30.0 Å². The second kappa shape index (κ2) is 5.23. The molecule has 0 aliphatic heterocycles. The van der Waals surface area contributed by atoms with Crippen molar-refractivity contribution < 1.29 is 0 Å². The third kappa shape index (κ3) is 2.37. The third-order valence-electron chi connectivity index (χ3n) is 3.73. The van der Waals surface area contributed by atoms with Gasteiger partial charge >= 0.3 is 0 Å². The highest BCUT2D eigenvalue weighted by Crippen LogP contribution is 2.28. The molecule has 2 aromatic rings. The Balaban J connectivity index is 2.02. The maximum Gasteiger partial charge on any atom is 0.186 e. The number of benzene rings is 1. The summed E-state index contributed by atoms with van der Waals surface area (Å²) in [5.41, 5.74) is 2.07. The van der Waals surface area contributed by atoms with Gasteiger partial charge in [-0.05, 0) is 18.9 Å². The van der Waals surface area contributed by atoms with Crippen LogP contribution in [0.2, 0.25) is 0 Å². The topological polar surface area (TPSA) is 61.6 Å². The first-order valence-electron chi connectivity index (χ1n) is 6.80. The molecule has 1 fully saturated rings. The van der Waals surface area contributed by atoms with Crippen molar-refractivity contribution in [3.8, 4) is 6.07 Å². The highest BCUT2D eigenvalue weighted by Gasteiger charge is 2.17. The molecular formula is C15H16N4. The number of rotatable bonds is 2. The molecule has 1 aromatic carbocycles. The van der Waals surface area contributed by atoms with Gasteiger partial charge in [0.15, 0.2) is 5.69 Å². The molecule has 4 nitrogen and oxygen atoms in total. The smallest absolute Gasteiger partial charge is 0.186 e. The highest BCUT2D eigenvalue weighted by atomic mass is 15.1. The Labute approximate surface area is 112 Å². The third-order valence-corrected chi connectivity index (χ3v) is 3.73. The zero-order chi connectivity index (χ0) is 13.1. The fourth-order valence-corrected chi connectivity index (χ4v) is 2.73. The van der Waals surface area contributed by atoms with Gasteiger partial charge in [-0.1, -0.05) is 37.5 Å². The second-order valence-electron chi connectivity index (χ2n) is 5.03. The van der Waals surface area contributed by atoms with Gasteiger partial charge in [0.1, 0.15) is 6.07 Å². The van der Waals surface area contributed by atoms with Crippen molar-refractivity contribution in [1.82, 2.24) is 10.2 Å². The van der Waals surface area contributed by atoms with E-state index in [1.807, 2.05) is 24.3 Å². The number of nitriles is 1. The summed E-state index contributed by atoms with van der Waals surface area (Å²) in [6.45, 7) is 0. The molecule has 0 amide bonds. The summed E-state index contributed by atoms with van der Waals surface area (Å²) in [5, 5.41) is 21.8. The van der Waals surface area contributed by atoms with E-state index in [0.717, 1.165) is 16.6 Å². The molecule has 4 heteroatoms. The number of aromatic nitrogens is 2. The standard InChI is InChI=1S/C15H16N4/c16-10-14-15(17-11-6-2-1-3-7-11)12-8-4-5-9-13(12)18-19-14/h4-5,8-9,11H,1-3,6-7H2,(H,17,18). The normalized spacial score (nSPS) is 16.2. The van der Waals surface area contributed by atoms with E-state index in [0.29, 0.717) is 11.7 Å². The van der Waals surface area contributed by atoms with E-state index in [4.69, 9.17) is 0 Å². The van der Waals surface area contributed by atoms with Crippen LogP contribution in [0.4, 0.5) is 5.69 Å². The second-order valence-corrected chi connectivity index (χ2v) is 5.03. The van der Waals surface area contributed by atoms with Gasteiger partial charge in [-0.15, -0.1) is 10.2 Å². The molecule has 0 spiro atoms. The van der Waals surface area contributed by atoms with E-state index in [-0.39, 0.29) is 0 Å². The number of fused-ring (bicyclic) bond motifs is 1. The van der Waals surface area contributed by atoms with Gasteiger partial charge in [0.2, 0.25) is 0 Å². The molecule has 3 rings (SSSR count). The minimum atomic E-state index is 0.393. The molecule has 19 heavy (non-hydrogen) atoms. The summed E-state index contributed by atoms with van der Waals surface area (Å²) in [4.78, 5) is 0. The van der Waals surface area contributed by atoms with E-state index < -0.39 is 0 Å². The summed E-state index contributed by atoms with van der Waals surface area (Å²) < 4.78 is 0. The number of hydrogen-bond acceptors (Lipinski definition) is 4. The van der Waals surface area contributed by atoms with Gasteiger partial charge in [0.25, 0.3) is 0 Å². The molecule has 1 aliphatic carbocycles. The lowest BCUT2D eigenvalue weighted by Gasteiger charge is -2.24. The largest absolute Gasteiger partial charge is 0.379 e. The van der Waals surface area contributed by atoms with E-state index in [1.165, 1.54) is 32.1 Å². The average Bonchev–Trinajstić information content (AvgIpc) is 2.49. The lowest BCUT2D eigenvalue weighted by molar-refractivity contribution is 0.463. The molecule has 1 aromatic heterocycles. The highest BCUT2D eigenvalue weighted by molar-refractivity contribution is 5.92. The molecule has 0 atom stereocenters. The first kappa shape index (κ1) is 11.9. The predicted molar refractivity (Wildman–Crippen MR) is 74.7 cm³/mol. The fourth-order valence-electron chi connectivity index (χ4n) is 2.73. The Kier molecular flexibility index (Phi) is 3.28. The van der Waals surface area contributed by atoms with Crippen LogP contribution < -0.4 is 5.32 Å². The Morgan fingerprint density at radius 2 is 1.89 bits per heavy atom. The van der Waals surface area contributed by atoms with Crippen LogP contribution in [0.25, 0.3) is 10.9 Å². The molecule has 0 bridgehead atoms. The van der Waals surface area contributed by atoms with Gasteiger partial charge in [-0.25, -0.2) is 0 Å². The van der Waals surface area contributed by atoms with Gasteiger partial charge in [0.05, 0.1) is 11.2 Å². The zero-order valence-corrected chi connectivity index (χ0v) is 10.8. The molecule has 96 valence electrons. The quantitative estimate of drug-likeness (QED) is 0.891. The number of nitrogens with zero attached hydrogens (tertiary/aromatic N) is 3. The summed E-state index contributed by atoms with van der Waals surface area (Å²) in [5.74, 6) is 0. The van der Waals surface area contributed by atoms with Crippen molar-refractivity contribution in [1.29, 1.82) is 5.26 Å². The maximum atomic E-state index is 9.21. The predicted octanol–water partition coefficient (Wildman–Crippen LogP) is 3.25. The number of anilines is 1. The van der Waals surface area contributed by atoms with Crippen molar-refractivity contribution in [2.24, 2.45) is 0 Å². The van der Waals surface area contributed by atoms with Crippen LogP contribution in [0.3, 0.4) is 0 Å². The van der Waals surface area contributed by atoms with Crippen molar-refractivity contribution in [3.63, 3.8) is 0 Å². The van der Waals surface area contributed by atoms with Crippen LogP contribution in [0, 0.1) is 11.3 Å². The summed E-state index contributed by atoms with van der Waals surface area (Å²) in [7, 11) is 0. The van der Waals surface area contributed by atoms with Gasteiger partial charge in [-0.2, -0.15) is 5.26 Å². The Bertz CT molecular complexity index is 624. The van der Waals surface area contributed by atoms with Crippen LogP contribution in [-0.2, 0) is 0 Å². The van der Waals surface area contributed by atoms with Crippen molar-refractivity contribution in [2.75, 3.05) is 5.32 Å². The summed E-state index contributed by atoms with van der Waals surface area (Å²) in [6.07, 6.45) is 6.17. The van der Waals surface area contributed by atoms with Crippen LogP contribution in [0.5, 0.6) is 0 Å². The number of hydrogen-bond donors (Lipinski definition) is 1. The van der Waals surface area contributed by atoms with Crippen LogP contribution in [0.1, 0.15) is 37.8 Å². The monoisotopic (exact) mass is 252 g/mol. The summed E-state index contributed by atoms with van der Waals surface area (Å²) >= 11 is 0. The average molecular weight is 252 g/mol. The summed E-state index contributed by atoms with van der Waals surface area (Å²) in [6, 6.07) is 10.4. The number of nitrogens with one attached hydrogen (secondary N) is 1. The fraction of sp³-hybridized carbons (Fsp3) is 0.400. The Hall–Kier alpha value is -2.15.